The minimum Gasteiger partial charge on any atom is -0.378 e. The summed E-state index contributed by atoms with van der Waals surface area (Å²) in [6.07, 6.45) is 4.64. The zero-order chi connectivity index (χ0) is 19.2. The topological polar surface area (TPSA) is 93.1 Å². The highest BCUT2D eigenvalue weighted by Gasteiger charge is 2.34. The molecular weight excluding hydrogens is 347 g/mol. The van der Waals surface area contributed by atoms with E-state index in [0.29, 0.717) is 12.3 Å². The van der Waals surface area contributed by atoms with Crippen molar-refractivity contribution in [1.82, 2.24) is 21.3 Å². The molecule has 0 aromatic heterocycles. The number of nitrogens with zero attached hydrogens (tertiary/aromatic N) is 2. The third kappa shape index (κ3) is 5.57. The molecule has 0 fully saturated rings. The fourth-order valence-corrected chi connectivity index (χ4v) is 4.05. The van der Waals surface area contributed by atoms with Crippen LogP contribution in [0.2, 0.25) is 0 Å². The van der Waals surface area contributed by atoms with Gasteiger partial charge in [0.2, 0.25) is 0 Å². The Morgan fingerprint density at radius 2 is 2.15 bits per heavy atom. The second-order valence-electron chi connectivity index (χ2n) is 7.73. The van der Waals surface area contributed by atoms with Crippen molar-refractivity contribution in [2.24, 2.45) is 21.8 Å². The number of allylic oxidation sites excluding steroid dienone is 2. The van der Waals surface area contributed by atoms with Gasteiger partial charge in [0.05, 0.1) is 18.9 Å². The molecular formula is C19H33FN6O. The fraction of sp³-hybridized carbons (Fsp3) is 0.789. The predicted molar refractivity (Wildman–Crippen MR) is 106 cm³/mol. The quantitative estimate of drug-likeness (QED) is 0.457. The molecule has 3 rings (SSSR count). The van der Waals surface area contributed by atoms with Crippen LogP contribution >= 0.6 is 0 Å². The van der Waals surface area contributed by atoms with Crippen LogP contribution in [0.4, 0.5) is 4.39 Å². The van der Waals surface area contributed by atoms with Crippen LogP contribution in [-0.4, -0.2) is 61.9 Å². The van der Waals surface area contributed by atoms with Crippen molar-refractivity contribution < 1.29 is 9.50 Å². The molecule has 5 N–H and O–H groups in total. The van der Waals surface area contributed by atoms with E-state index in [2.05, 4.69) is 33.2 Å². The molecule has 4 unspecified atom stereocenters. The third-order valence-electron chi connectivity index (χ3n) is 5.83. The van der Waals surface area contributed by atoms with Gasteiger partial charge >= 0.3 is 0 Å². The summed E-state index contributed by atoms with van der Waals surface area (Å²) in [7, 11) is 1.76. The molecule has 27 heavy (non-hydrogen) atoms. The third-order valence-corrected chi connectivity index (χ3v) is 5.83. The van der Waals surface area contributed by atoms with E-state index in [1.54, 1.807) is 13.1 Å². The van der Waals surface area contributed by atoms with Crippen molar-refractivity contribution in [2.75, 3.05) is 26.7 Å². The van der Waals surface area contributed by atoms with Crippen molar-refractivity contribution in [2.45, 2.75) is 57.5 Å². The highest BCUT2D eigenvalue weighted by molar-refractivity contribution is 6.02. The van der Waals surface area contributed by atoms with E-state index in [9.17, 15) is 9.50 Å². The molecule has 2 aliphatic heterocycles. The number of nitrogens with one attached hydrogen (secondary N) is 4. The summed E-state index contributed by atoms with van der Waals surface area (Å²) in [4.78, 5) is 9.37. The summed E-state index contributed by atoms with van der Waals surface area (Å²) in [5.74, 6) is 2.22. The van der Waals surface area contributed by atoms with Crippen LogP contribution in [0.3, 0.4) is 0 Å². The summed E-state index contributed by atoms with van der Waals surface area (Å²) in [6.45, 7) is 4.56. The predicted octanol–water partition coefficient (Wildman–Crippen LogP) is 0.882. The Morgan fingerprint density at radius 3 is 2.81 bits per heavy atom. The molecule has 0 saturated heterocycles. The number of aliphatic imine (C=N–C) groups is 2. The van der Waals surface area contributed by atoms with Crippen molar-refractivity contribution >= 4 is 11.7 Å². The van der Waals surface area contributed by atoms with Gasteiger partial charge in [-0.2, -0.15) is 0 Å². The van der Waals surface area contributed by atoms with Gasteiger partial charge in [-0.05, 0) is 45.6 Å². The van der Waals surface area contributed by atoms with E-state index >= 15 is 0 Å². The van der Waals surface area contributed by atoms with Crippen LogP contribution in [-0.2, 0) is 0 Å². The Bertz CT molecular complexity index is 593. The molecule has 0 amide bonds. The van der Waals surface area contributed by atoms with Crippen LogP contribution in [0.5, 0.6) is 0 Å². The molecule has 1 aliphatic carbocycles. The molecule has 152 valence electrons. The molecule has 0 saturated carbocycles. The monoisotopic (exact) mass is 380 g/mol. The normalized spacial score (nSPS) is 31.4. The van der Waals surface area contributed by atoms with Gasteiger partial charge in [0.1, 0.15) is 24.1 Å². The van der Waals surface area contributed by atoms with Crippen LogP contribution in [0.15, 0.2) is 21.9 Å². The largest absolute Gasteiger partial charge is 0.378 e. The number of hydrogen-bond acceptors (Lipinski definition) is 7. The van der Waals surface area contributed by atoms with Crippen LogP contribution < -0.4 is 21.3 Å². The minimum absolute atomic E-state index is 0.00553. The summed E-state index contributed by atoms with van der Waals surface area (Å²) >= 11 is 0. The van der Waals surface area contributed by atoms with Crippen molar-refractivity contribution in [3.63, 3.8) is 0 Å². The Kier molecular flexibility index (Phi) is 7.34. The lowest BCUT2D eigenvalue weighted by molar-refractivity contribution is 0.0512. The maximum Gasteiger partial charge on any atom is 0.116 e. The molecule has 5 atom stereocenters. The van der Waals surface area contributed by atoms with Gasteiger partial charge in [0, 0.05) is 24.9 Å². The van der Waals surface area contributed by atoms with Crippen LogP contribution in [0.25, 0.3) is 0 Å². The molecule has 0 spiro atoms. The van der Waals surface area contributed by atoms with Gasteiger partial charge in [-0.1, -0.05) is 6.08 Å². The van der Waals surface area contributed by atoms with Gasteiger partial charge < -0.3 is 15.7 Å². The van der Waals surface area contributed by atoms with E-state index in [1.807, 2.05) is 0 Å². The number of hydrogen-bond donors (Lipinski definition) is 5. The molecule has 2 heterocycles. The zero-order valence-electron chi connectivity index (χ0n) is 16.3. The van der Waals surface area contributed by atoms with Crippen molar-refractivity contribution in [1.29, 1.82) is 0 Å². The lowest BCUT2D eigenvalue weighted by Crippen LogP contribution is -2.53. The van der Waals surface area contributed by atoms with Gasteiger partial charge in [-0.25, -0.2) is 4.39 Å². The molecule has 0 aromatic carbocycles. The first-order chi connectivity index (χ1) is 13.1. The Morgan fingerprint density at radius 1 is 1.30 bits per heavy atom. The van der Waals surface area contributed by atoms with Crippen LogP contribution in [0, 0.1) is 11.8 Å². The van der Waals surface area contributed by atoms with Crippen molar-refractivity contribution in [3.05, 3.63) is 11.9 Å². The molecule has 7 nitrogen and oxygen atoms in total. The van der Waals surface area contributed by atoms with Gasteiger partial charge in [-0.3, -0.25) is 20.6 Å². The van der Waals surface area contributed by atoms with E-state index < -0.39 is 6.23 Å². The molecule has 0 aromatic rings. The lowest BCUT2D eigenvalue weighted by Gasteiger charge is -2.37. The standard InChI is InChI=1S/C19H33FN6O/c1-12(13-3-5-14(20)6-4-13)24-18-15(19(27)21-2)7-8-16(26-18)25-17-11-22-9-10-23-17/h5,12-13,15,18-19,21-22,24,27H,3-4,6-11H2,1-2H3,(H,23,25,26)/t12-,13?,15?,18?,19?/m0/s1. The Labute approximate surface area is 161 Å². The van der Waals surface area contributed by atoms with E-state index in [4.69, 9.17) is 4.99 Å². The maximum absolute atomic E-state index is 13.3. The van der Waals surface area contributed by atoms with Gasteiger partial charge in [0.15, 0.2) is 0 Å². The highest BCUT2D eigenvalue weighted by atomic mass is 19.1. The summed E-state index contributed by atoms with van der Waals surface area (Å²) < 4.78 is 13.3. The summed E-state index contributed by atoms with van der Waals surface area (Å²) in [5.41, 5.74) is 0. The van der Waals surface area contributed by atoms with E-state index in [0.717, 1.165) is 57.0 Å². The first-order valence-electron chi connectivity index (χ1n) is 10.1. The smallest absolute Gasteiger partial charge is 0.116 e. The Balaban J connectivity index is 1.67. The summed E-state index contributed by atoms with van der Waals surface area (Å²) in [6, 6.07) is 0.197. The highest BCUT2D eigenvalue weighted by Crippen LogP contribution is 2.28. The van der Waals surface area contributed by atoms with Gasteiger partial charge in [0.25, 0.3) is 0 Å². The second kappa shape index (κ2) is 9.73. The van der Waals surface area contributed by atoms with E-state index in [-0.39, 0.29) is 24.0 Å². The summed E-state index contributed by atoms with van der Waals surface area (Å²) in [5, 5.41) is 23.6. The fourth-order valence-electron chi connectivity index (χ4n) is 4.05. The first kappa shape index (κ1) is 20.4. The SMILES string of the molecule is CNC(O)C1CCC(NC2=NCCNC2)=NC1N[C@@H](C)C1CC=C(F)CC1. The molecule has 3 aliphatic rings. The number of halogens is 1. The maximum atomic E-state index is 13.3. The van der Waals surface area contributed by atoms with Crippen LogP contribution in [0.1, 0.15) is 39.0 Å². The van der Waals surface area contributed by atoms with Gasteiger partial charge in [-0.15, -0.1) is 0 Å². The minimum atomic E-state index is -0.614. The number of amidine groups is 2. The molecule has 0 bridgehead atoms. The second-order valence-corrected chi connectivity index (χ2v) is 7.73. The zero-order valence-corrected chi connectivity index (χ0v) is 16.3. The van der Waals surface area contributed by atoms with E-state index in [1.165, 1.54) is 0 Å². The number of aliphatic hydroxyl groups excluding tert-OH is 1. The number of rotatable bonds is 5. The molecule has 0 radical (unpaired) electrons. The number of aliphatic hydroxyl groups is 1. The molecule has 8 heteroatoms. The average Bonchev–Trinajstić information content (AvgIpc) is 2.69. The lowest BCUT2D eigenvalue weighted by atomic mass is 9.86. The first-order valence-corrected chi connectivity index (χ1v) is 10.1. The van der Waals surface area contributed by atoms with Crippen molar-refractivity contribution in [3.8, 4) is 0 Å². The average molecular weight is 381 g/mol. The Hall–Kier alpha value is -1.35.